The second kappa shape index (κ2) is 4.97. The number of rotatable bonds is 2. The number of benzene rings is 1. The lowest BCUT2D eigenvalue weighted by molar-refractivity contribution is 0.622. The smallest absolute Gasteiger partial charge is 0.222 e. The van der Waals surface area contributed by atoms with Gasteiger partial charge in [0.2, 0.25) is 5.95 Å². The van der Waals surface area contributed by atoms with Crippen LogP contribution in [0.2, 0.25) is 0 Å². The van der Waals surface area contributed by atoms with E-state index in [1.54, 1.807) is 12.1 Å². The molecule has 1 heterocycles. The van der Waals surface area contributed by atoms with Crippen molar-refractivity contribution < 1.29 is 4.39 Å². The van der Waals surface area contributed by atoms with E-state index in [2.05, 4.69) is 47.1 Å². The maximum Gasteiger partial charge on any atom is 0.222 e. The summed E-state index contributed by atoms with van der Waals surface area (Å²) in [4.78, 5) is 7.81. The topological polar surface area (TPSA) is 63.8 Å². The largest absolute Gasteiger partial charge is 0.368 e. The third-order valence-electron chi connectivity index (χ3n) is 1.95. The Morgan fingerprint density at radius 1 is 1.24 bits per heavy atom. The van der Waals surface area contributed by atoms with Crippen LogP contribution in [-0.2, 0) is 0 Å². The molecule has 1 aromatic heterocycles. The van der Waals surface area contributed by atoms with Gasteiger partial charge in [0.15, 0.2) is 0 Å². The van der Waals surface area contributed by atoms with Gasteiger partial charge < -0.3 is 11.1 Å². The van der Waals surface area contributed by atoms with Crippen LogP contribution in [0.5, 0.6) is 0 Å². The highest BCUT2D eigenvalue weighted by Crippen LogP contribution is 2.25. The van der Waals surface area contributed by atoms with Crippen LogP contribution in [-0.4, -0.2) is 9.97 Å². The summed E-state index contributed by atoms with van der Waals surface area (Å²) in [5.74, 6) is 0.278. The Bertz CT molecular complexity index is 562. The molecule has 0 aliphatic heterocycles. The third kappa shape index (κ3) is 2.92. The molecule has 0 atom stereocenters. The second-order valence-corrected chi connectivity index (χ2v) is 4.89. The molecule has 0 saturated carbocycles. The first-order chi connectivity index (χ1) is 8.06. The SMILES string of the molecule is Nc1ncc(Br)c(Nc2ccc(Br)c(F)c2)n1. The van der Waals surface area contributed by atoms with Gasteiger partial charge in [-0.3, -0.25) is 0 Å². The van der Waals surface area contributed by atoms with Gasteiger partial charge in [0, 0.05) is 11.9 Å². The minimum Gasteiger partial charge on any atom is -0.368 e. The van der Waals surface area contributed by atoms with E-state index in [4.69, 9.17) is 5.73 Å². The zero-order chi connectivity index (χ0) is 12.4. The number of nitrogens with two attached hydrogens (primary N) is 1. The molecule has 0 aliphatic rings. The van der Waals surface area contributed by atoms with E-state index in [0.717, 1.165) is 0 Å². The van der Waals surface area contributed by atoms with Gasteiger partial charge in [-0.1, -0.05) is 0 Å². The van der Waals surface area contributed by atoms with Crippen LogP contribution >= 0.6 is 31.9 Å². The van der Waals surface area contributed by atoms with Gasteiger partial charge in [-0.15, -0.1) is 0 Å². The summed E-state index contributed by atoms with van der Waals surface area (Å²) >= 11 is 6.36. The minimum atomic E-state index is -0.354. The van der Waals surface area contributed by atoms with E-state index < -0.39 is 0 Å². The fourth-order valence-corrected chi connectivity index (χ4v) is 1.72. The second-order valence-electron chi connectivity index (χ2n) is 3.18. The summed E-state index contributed by atoms with van der Waals surface area (Å²) in [5.41, 5.74) is 6.04. The summed E-state index contributed by atoms with van der Waals surface area (Å²) in [6.45, 7) is 0. The summed E-state index contributed by atoms with van der Waals surface area (Å²) in [6, 6.07) is 4.68. The van der Waals surface area contributed by atoms with E-state index in [-0.39, 0.29) is 11.8 Å². The van der Waals surface area contributed by atoms with Crippen molar-refractivity contribution in [2.75, 3.05) is 11.1 Å². The third-order valence-corrected chi connectivity index (χ3v) is 3.17. The van der Waals surface area contributed by atoms with Crippen LogP contribution in [0.4, 0.5) is 21.8 Å². The minimum absolute atomic E-state index is 0.147. The standard InChI is InChI=1S/C10H7Br2FN4/c11-6-2-1-5(3-8(6)13)16-9-7(12)4-15-10(14)17-9/h1-4H,(H3,14,15,16,17). The van der Waals surface area contributed by atoms with Crippen molar-refractivity contribution in [2.24, 2.45) is 0 Å². The number of aromatic nitrogens is 2. The first-order valence-electron chi connectivity index (χ1n) is 4.56. The molecule has 2 rings (SSSR count). The Kier molecular flexibility index (Phi) is 3.58. The number of hydrogen-bond acceptors (Lipinski definition) is 4. The molecule has 0 amide bonds. The molecule has 0 unspecified atom stereocenters. The van der Waals surface area contributed by atoms with Crippen molar-refractivity contribution in [1.82, 2.24) is 9.97 Å². The molecule has 0 aliphatic carbocycles. The monoisotopic (exact) mass is 360 g/mol. The normalized spacial score (nSPS) is 10.3. The molecule has 2 aromatic rings. The van der Waals surface area contributed by atoms with Crippen molar-refractivity contribution in [2.45, 2.75) is 0 Å². The Balaban J connectivity index is 2.31. The van der Waals surface area contributed by atoms with Crippen LogP contribution in [0, 0.1) is 5.82 Å². The van der Waals surface area contributed by atoms with Crippen molar-refractivity contribution in [3.05, 3.63) is 39.2 Å². The molecule has 0 fully saturated rings. The summed E-state index contributed by atoms with van der Waals surface area (Å²) in [7, 11) is 0. The molecular formula is C10H7Br2FN4. The summed E-state index contributed by atoms with van der Waals surface area (Å²) in [6.07, 6.45) is 1.53. The lowest BCUT2D eigenvalue weighted by atomic mass is 10.3. The Morgan fingerprint density at radius 3 is 2.71 bits per heavy atom. The molecular weight excluding hydrogens is 355 g/mol. The fraction of sp³-hybridized carbons (Fsp3) is 0. The lowest BCUT2D eigenvalue weighted by Gasteiger charge is -2.08. The first-order valence-corrected chi connectivity index (χ1v) is 6.15. The Morgan fingerprint density at radius 2 is 2.00 bits per heavy atom. The molecule has 17 heavy (non-hydrogen) atoms. The van der Waals surface area contributed by atoms with Crippen LogP contribution in [0.15, 0.2) is 33.3 Å². The van der Waals surface area contributed by atoms with Crippen molar-refractivity contribution in [3.8, 4) is 0 Å². The maximum absolute atomic E-state index is 13.3. The molecule has 4 nitrogen and oxygen atoms in total. The number of anilines is 3. The van der Waals surface area contributed by atoms with Crippen LogP contribution in [0.1, 0.15) is 0 Å². The van der Waals surface area contributed by atoms with E-state index in [1.165, 1.54) is 12.3 Å². The summed E-state index contributed by atoms with van der Waals surface area (Å²) in [5, 5.41) is 2.94. The van der Waals surface area contributed by atoms with Gasteiger partial charge in [0.25, 0.3) is 0 Å². The molecule has 3 N–H and O–H groups in total. The number of nitrogen functional groups attached to an aromatic ring is 1. The predicted octanol–water partition coefficient (Wildman–Crippen LogP) is 3.47. The van der Waals surface area contributed by atoms with Gasteiger partial charge in [0.1, 0.15) is 11.6 Å². The molecule has 0 saturated heterocycles. The van der Waals surface area contributed by atoms with Crippen molar-refractivity contribution in [1.29, 1.82) is 0 Å². The average Bonchev–Trinajstić information content (AvgIpc) is 2.29. The number of nitrogens with one attached hydrogen (secondary N) is 1. The zero-order valence-corrected chi connectivity index (χ0v) is 11.6. The Hall–Kier alpha value is -1.21. The van der Waals surface area contributed by atoms with Crippen LogP contribution in [0.3, 0.4) is 0 Å². The molecule has 1 aromatic carbocycles. The van der Waals surface area contributed by atoms with E-state index in [0.29, 0.717) is 20.5 Å². The number of halogens is 3. The number of hydrogen-bond donors (Lipinski definition) is 2. The quantitative estimate of drug-likeness (QED) is 0.859. The highest BCUT2D eigenvalue weighted by Gasteiger charge is 2.05. The zero-order valence-electron chi connectivity index (χ0n) is 8.42. The van der Waals surface area contributed by atoms with Gasteiger partial charge in [0.05, 0.1) is 8.95 Å². The molecule has 0 spiro atoms. The van der Waals surface area contributed by atoms with Gasteiger partial charge in [-0.05, 0) is 50.1 Å². The summed E-state index contributed by atoms with van der Waals surface area (Å²) < 4.78 is 14.4. The van der Waals surface area contributed by atoms with Gasteiger partial charge in [-0.2, -0.15) is 4.98 Å². The van der Waals surface area contributed by atoms with E-state index >= 15 is 0 Å². The highest BCUT2D eigenvalue weighted by molar-refractivity contribution is 9.10. The van der Waals surface area contributed by atoms with Crippen molar-refractivity contribution >= 4 is 49.3 Å². The average molecular weight is 362 g/mol. The van der Waals surface area contributed by atoms with E-state index in [1.807, 2.05) is 0 Å². The number of nitrogens with zero attached hydrogens (tertiary/aromatic N) is 2. The molecule has 7 heteroatoms. The van der Waals surface area contributed by atoms with Crippen LogP contribution < -0.4 is 11.1 Å². The predicted molar refractivity (Wildman–Crippen MR) is 71.5 cm³/mol. The lowest BCUT2D eigenvalue weighted by Crippen LogP contribution is -2.00. The Labute approximate surface area is 114 Å². The van der Waals surface area contributed by atoms with Crippen LogP contribution in [0.25, 0.3) is 0 Å². The molecule has 0 bridgehead atoms. The first kappa shape index (κ1) is 12.3. The molecule has 0 radical (unpaired) electrons. The van der Waals surface area contributed by atoms with Crippen molar-refractivity contribution in [3.63, 3.8) is 0 Å². The maximum atomic E-state index is 13.3. The van der Waals surface area contributed by atoms with Gasteiger partial charge in [-0.25, -0.2) is 9.37 Å². The fourth-order valence-electron chi connectivity index (χ4n) is 1.18. The van der Waals surface area contributed by atoms with E-state index in [9.17, 15) is 4.39 Å². The molecule has 88 valence electrons. The van der Waals surface area contributed by atoms with Gasteiger partial charge >= 0.3 is 0 Å². The highest BCUT2D eigenvalue weighted by atomic mass is 79.9.